The van der Waals surface area contributed by atoms with Crippen molar-refractivity contribution in [3.63, 3.8) is 0 Å². The van der Waals surface area contributed by atoms with E-state index in [1.807, 2.05) is 29.0 Å². The number of halogens is 2. The molecular formula is C18H17Cl2NO2S2. The summed E-state index contributed by atoms with van der Waals surface area (Å²) in [5.74, 6) is -0.823. The number of rotatable bonds is 6. The van der Waals surface area contributed by atoms with Crippen molar-refractivity contribution >= 4 is 57.4 Å². The molecule has 0 bridgehead atoms. The van der Waals surface area contributed by atoms with Gasteiger partial charge in [0.2, 0.25) is 0 Å². The summed E-state index contributed by atoms with van der Waals surface area (Å²) in [4.78, 5) is 15.4. The average Bonchev–Trinajstić information content (AvgIpc) is 3.21. The average molecular weight is 414 g/mol. The van der Waals surface area contributed by atoms with Crippen molar-refractivity contribution in [3.05, 3.63) is 60.4 Å². The largest absolute Gasteiger partial charge is 0.478 e. The van der Waals surface area contributed by atoms with Crippen molar-refractivity contribution in [1.82, 2.24) is 4.90 Å². The molecule has 0 amide bonds. The zero-order chi connectivity index (χ0) is 17.8. The van der Waals surface area contributed by atoms with Crippen molar-refractivity contribution in [2.75, 3.05) is 19.6 Å². The first-order valence-corrected chi connectivity index (χ1v) is 10.4. The van der Waals surface area contributed by atoms with Crippen LogP contribution in [0, 0.1) is 0 Å². The Hall–Kier alpha value is -1.11. The fraction of sp³-hybridized carbons (Fsp3) is 0.278. The number of aliphatic carboxylic acids is 1. The van der Waals surface area contributed by atoms with Crippen LogP contribution in [0.5, 0.6) is 0 Å². The normalized spacial score (nSPS) is 15.0. The SMILES string of the molecule is O=C(O)C1=CCCN(CCC=C(c2sccc2Cl)c2sccc2Cl)C1. The van der Waals surface area contributed by atoms with Gasteiger partial charge in [-0.25, -0.2) is 4.79 Å². The lowest BCUT2D eigenvalue weighted by Gasteiger charge is -2.25. The van der Waals surface area contributed by atoms with E-state index in [1.54, 1.807) is 22.7 Å². The first-order valence-electron chi connectivity index (χ1n) is 7.88. The molecule has 3 heterocycles. The Morgan fingerprint density at radius 2 is 1.84 bits per heavy atom. The molecule has 0 atom stereocenters. The van der Waals surface area contributed by atoms with E-state index >= 15 is 0 Å². The van der Waals surface area contributed by atoms with E-state index in [9.17, 15) is 4.79 Å². The molecule has 0 radical (unpaired) electrons. The number of carboxylic acid groups (broad SMARTS) is 1. The predicted octanol–water partition coefficient (Wildman–Crippen LogP) is 5.65. The molecule has 1 aliphatic heterocycles. The van der Waals surface area contributed by atoms with Crippen LogP contribution in [-0.2, 0) is 4.79 Å². The summed E-state index contributed by atoms with van der Waals surface area (Å²) in [6.07, 6.45) is 5.57. The van der Waals surface area contributed by atoms with Gasteiger partial charge in [-0.3, -0.25) is 4.90 Å². The highest BCUT2D eigenvalue weighted by Crippen LogP contribution is 2.39. The molecule has 0 aromatic carbocycles. The fourth-order valence-corrected chi connectivity index (χ4v) is 5.28. The van der Waals surface area contributed by atoms with E-state index in [0.717, 1.165) is 51.3 Å². The second kappa shape index (κ2) is 8.52. The van der Waals surface area contributed by atoms with Gasteiger partial charge in [0.1, 0.15) is 0 Å². The zero-order valence-corrected chi connectivity index (χ0v) is 16.5. The summed E-state index contributed by atoms with van der Waals surface area (Å²) in [5.41, 5.74) is 1.55. The summed E-state index contributed by atoms with van der Waals surface area (Å²) in [5, 5.41) is 14.6. The quantitative estimate of drug-likeness (QED) is 0.664. The molecule has 0 saturated carbocycles. The molecule has 0 saturated heterocycles. The maximum atomic E-state index is 11.1. The van der Waals surface area contributed by atoms with Gasteiger partial charge in [0.05, 0.1) is 19.8 Å². The molecule has 25 heavy (non-hydrogen) atoms. The van der Waals surface area contributed by atoms with Gasteiger partial charge in [0.15, 0.2) is 0 Å². The molecule has 0 spiro atoms. The Kier molecular flexibility index (Phi) is 6.36. The van der Waals surface area contributed by atoms with Gasteiger partial charge in [-0.1, -0.05) is 35.4 Å². The zero-order valence-electron chi connectivity index (χ0n) is 13.4. The van der Waals surface area contributed by atoms with Gasteiger partial charge in [-0.2, -0.15) is 0 Å². The molecule has 0 fully saturated rings. The minimum absolute atomic E-state index is 0.484. The molecule has 3 nitrogen and oxygen atoms in total. The summed E-state index contributed by atoms with van der Waals surface area (Å²) in [6, 6.07) is 3.79. The highest BCUT2D eigenvalue weighted by Gasteiger charge is 2.18. The third-order valence-electron chi connectivity index (χ3n) is 4.02. The lowest BCUT2D eigenvalue weighted by molar-refractivity contribution is -0.133. The third kappa shape index (κ3) is 4.54. The monoisotopic (exact) mass is 413 g/mol. The highest BCUT2D eigenvalue weighted by molar-refractivity contribution is 7.14. The minimum Gasteiger partial charge on any atom is -0.478 e. The summed E-state index contributed by atoms with van der Waals surface area (Å²) >= 11 is 15.9. The van der Waals surface area contributed by atoms with Crippen LogP contribution in [0.1, 0.15) is 22.6 Å². The molecule has 2 aromatic rings. The summed E-state index contributed by atoms with van der Waals surface area (Å²) in [6.45, 7) is 2.19. The van der Waals surface area contributed by atoms with Crippen LogP contribution in [0.4, 0.5) is 0 Å². The molecular weight excluding hydrogens is 397 g/mol. The van der Waals surface area contributed by atoms with Gasteiger partial charge in [0.25, 0.3) is 0 Å². The van der Waals surface area contributed by atoms with E-state index < -0.39 is 5.97 Å². The topological polar surface area (TPSA) is 40.5 Å². The van der Waals surface area contributed by atoms with Gasteiger partial charge in [0, 0.05) is 30.8 Å². The second-order valence-corrected chi connectivity index (χ2v) is 8.35. The third-order valence-corrected chi connectivity index (χ3v) is 6.77. The number of hydrogen-bond donors (Lipinski definition) is 1. The molecule has 3 rings (SSSR count). The van der Waals surface area contributed by atoms with Gasteiger partial charge < -0.3 is 5.11 Å². The molecule has 0 unspecified atom stereocenters. The Labute approximate surface area is 164 Å². The predicted molar refractivity (Wildman–Crippen MR) is 107 cm³/mol. The van der Waals surface area contributed by atoms with Crippen LogP contribution in [-0.4, -0.2) is 35.6 Å². The molecule has 1 N–H and O–H groups in total. The Morgan fingerprint density at radius 1 is 1.20 bits per heavy atom. The van der Waals surface area contributed by atoms with E-state index in [1.165, 1.54) is 0 Å². The van der Waals surface area contributed by atoms with Crippen LogP contribution < -0.4 is 0 Å². The first kappa shape index (κ1) is 18.7. The van der Waals surface area contributed by atoms with E-state index in [0.29, 0.717) is 12.1 Å². The lowest BCUT2D eigenvalue weighted by Crippen LogP contribution is -2.32. The maximum absolute atomic E-state index is 11.1. The van der Waals surface area contributed by atoms with Gasteiger partial charge in [-0.15, -0.1) is 22.7 Å². The smallest absolute Gasteiger partial charge is 0.332 e. The molecule has 7 heteroatoms. The standard InChI is InChI=1S/C18H17Cl2NO2S2/c19-14-5-9-24-16(14)13(17-15(20)6-10-25-17)4-2-8-21-7-1-3-12(11-21)18(22)23/h3-6,9-10H,1-2,7-8,11H2,(H,22,23). The number of thiophene rings is 2. The number of carboxylic acids is 1. The number of nitrogens with zero attached hydrogens (tertiary/aromatic N) is 1. The van der Waals surface area contributed by atoms with Gasteiger partial charge in [-0.05, 0) is 35.7 Å². The van der Waals surface area contributed by atoms with Crippen molar-refractivity contribution in [2.24, 2.45) is 0 Å². The second-order valence-electron chi connectivity index (χ2n) is 5.70. The van der Waals surface area contributed by atoms with Crippen molar-refractivity contribution < 1.29 is 9.90 Å². The van der Waals surface area contributed by atoms with Crippen LogP contribution in [0.25, 0.3) is 5.57 Å². The van der Waals surface area contributed by atoms with E-state index in [-0.39, 0.29) is 0 Å². The first-order chi connectivity index (χ1) is 12.1. The number of carbonyl (C=O) groups is 1. The van der Waals surface area contributed by atoms with Gasteiger partial charge >= 0.3 is 5.97 Å². The van der Waals surface area contributed by atoms with E-state index in [4.69, 9.17) is 28.3 Å². The Balaban J connectivity index is 1.74. The number of hydrogen-bond acceptors (Lipinski definition) is 4. The molecule has 1 aliphatic rings. The molecule has 2 aromatic heterocycles. The molecule has 0 aliphatic carbocycles. The lowest BCUT2D eigenvalue weighted by atomic mass is 10.1. The Bertz CT molecular complexity index is 780. The van der Waals surface area contributed by atoms with Crippen LogP contribution >= 0.6 is 45.9 Å². The maximum Gasteiger partial charge on any atom is 0.332 e. The fourth-order valence-electron chi connectivity index (χ4n) is 2.80. The summed E-state index contributed by atoms with van der Waals surface area (Å²) < 4.78 is 0. The highest BCUT2D eigenvalue weighted by atomic mass is 35.5. The van der Waals surface area contributed by atoms with Crippen LogP contribution in [0.3, 0.4) is 0 Å². The van der Waals surface area contributed by atoms with Crippen LogP contribution in [0.15, 0.2) is 40.6 Å². The Morgan fingerprint density at radius 3 is 2.36 bits per heavy atom. The summed E-state index contributed by atoms with van der Waals surface area (Å²) in [7, 11) is 0. The minimum atomic E-state index is -0.823. The van der Waals surface area contributed by atoms with Crippen molar-refractivity contribution in [1.29, 1.82) is 0 Å². The van der Waals surface area contributed by atoms with Crippen LogP contribution in [0.2, 0.25) is 10.0 Å². The van der Waals surface area contributed by atoms with Crippen molar-refractivity contribution in [3.8, 4) is 0 Å². The van der Waals surface area contributed by atoms with E-state index in [2.05, 4.69) is 11.0 Å². The molecule has 132 valence electrons. The van der Waals surface area contributed by atoms with Crippen molar-refractivity contribution in [2.45, 2.75) is 12.8 Å².